The zero-order valence-corrected chi connectivity index (χ0v) is 23.0. The van der Waals surface area contributed by atoms with Gasteiger partial charge in [-0.2, -0.15) is 0 Å². The Morgan fingerprint density at radius 1 is 1.18 bits per heavy atom. The largest absolute Gasteiger partial charge is 0.486 e. The summed E-state index contributed by atoms with van der Waals surface area (Å²) in [5, 5.41) is 18.7. The second kappa shape index (κ2) is 10.4. The monoisotopic (exact) mass is 532 g/mol. The van der Waals surface area contributed by atoms with Gasteiger partial charge in [0.1, 0.15) is 16.9 Å². The fourth-order valence-corrected chi connectivity index (χ4v) is 5.76. The van der Waals surface area contributed by atoms with Gasteiger partial charge < -0.3 is 9.84 Å². The lowest BCUT2D eigenvalue weighted by atomic mass is 9.86. The number of aryl methyl sites for hydroxylation is 2. The fourth-order valence-electron chi connectivity index (χ4n) is 5.44. The number of carboxylic acid groups (broad SMARTS) is 1. The molecule has 2 heterocycles. The Labute approximate surface area is 228 Å². The molecule has 8 heteroatoms. The van der Waals surface area contributed by atoms with Crippen LogP contribution in [0.4, 0.5) is 0 Å². The molecule has 0 saturated heterocycles. The van der Waals surface area contributed by atoms with E-state index in [4.69, 9.17) is 16.3 Å². The number of carbonyl (C=O) groups is 1. The van der Waals surface area contributed by atoms with Crippen LogP contribution in [0.15, 0.2) is 54.6 Å². The maximum Gasteiger partial charge on any atom is 0.304 e. The average Bonchev–Trinajstić information content (AvgIpc) is 3.23. The van der Waals surface area contributed by atoms with Gasteiger partial charge in [-0.25, -0.2) is 4.68 Å². The van der Waals surface area contributed by atoms with Crippen LogP contribution in [0, 0.1) is 6.92 Å². The minimum atomic E-state index is -0.881. The summed E-state index contributed by atoms with van der Waals surface area (Å²) in [4.78, 5) is 14.4. The number of aromatic nitrogens is 3. The van der Waals surface area contributed by atoms with E-state index in [1.165, 1.54) is 0 Å². The van der Waals surface area contributed by atoms with E-state index >= 15 is 0 Å². The smallest absolute Gasteiger partial charge is 0.304 e. The van der Waals surface area contributed by atoms with E-state index in [1.807, 2.05) is 43.3 Å². The third-order valence-corrected chi connectivity index (χ3v) is 7.63. The van der Waals surface area contributed by atoms with Crippen molar-refractivity contribution in [2.45, 2.75) is 65.3 Å². The van der Waals surface area contributed by atoms with Gasteiger partial charge in [-0.15, -0.1) is 5.10 Å². The summed E-state index contributed by atoms with van der Waals surface area (Å²) in [6.45, 7) is 11.3. The van der Waals surface area contributed by atoms with Crippen molar-refractivity contribution in [3.8, 4) is 5.75 Å². The topological polar surface area (TPSA) is 80.5 Å². The number of fused-ring (bicyclic) bond motifs is 2. The molecule has 4 aromatic rings. The SMILES string of the molecule is CCn1nnc2c(Cl)c(C(CC(=O)O)c3ccc(C)c(CN4Cc5ccccc5OC(C)(C)C4)c3)ccc21. The molecule has 1 aliphatic rings. The second-order valence-corrected chi connectivity index (χ2v) is 11.1. The molecule has 1 aliphatic heterocycles. The molecule has 3 aromatic carbocycles. The van der Waals surface area contributed by atoms with Gasteiger partial charge in [-0.05, 0) is 62.1 Å². The zero-order chi connectivity index (χ0) is 27.0. The lowest BCUT2D eigenvalue weighted by Gasteiger charge is -2.30. The third-order valence-electron chi connectivity index (χ3n) is 7.24. The number of rotatable bonds is 7. The number of aliphatic carboxylic acids is 1. The summed E-state index contributed by atoms with van der Waals surface area (Å²) in [6.07, 6.45) is -0.0758. The van der Waals surface area contributed by atoms with Gasteiger partial charge in [0.15, 0.2) is 0 Å². The molecule has 7 nitrogen and oxygen atoms in total. The Morgan fingerprint density at radius 3 is 2.74 bits per heavy atom. The molecule has 0 fully saturated rings. The molecule has 0 radical (unpaired) electrons. The van der Waals surface area contributed by atoms with Gasteiger partial charge in [0.2, 0.25) is 0 Å². The van der Waals surface area contributed by atoms with Crippen molar-refractivity contribution < 1.29 is 14.6 Å². The molecule has 198 valence electrons. The molecule has 0 saturated carbocycles. The van der Waals surface area contributed by atoms with Gasteiger partial charge in [0.25, 0.3) is 0 Å². The number of halogens is 1. The van der Waals surface area contributed by atoms with Crippen LogP contribution < -0.4 is 4.74 Å². The summed E-state index contributed by atoms with van der Waals surface area (Å²) >= 11 is 6.83. The minimum Gasteiger partial charge on any atom is -0.486 e. The molecule has 0 amide bonds. The highest BCUT2D eigenvalue weighted by Gasteiger charge is 2.30. The molecule has 1 N–H and O–H groups in total. The highest BCUT2D eigenvalue weighted by molar-refractivity contribution is 6.35. The van der Waals surface area contributed by atoms with Crippen molar-refractivity contribution in [1.29, 1.82) is 0 Å². The first-order valence-corrected chi connectivity index (χ1v) is 13.3. The molecule has 0 bridgehead atoms. The summed E-state index contributed by atoms with van der Waals surface area (Å²) in [7, 11) is 0. The fraction of sp³-hybridized carbons (Fsp3) is 0.367. The lowest BCUT2D eigenvalue weighted by Crippen LogP contribution is -2.40. The molecule has 1 atom stereocenters. The quantitative estimate of drug-likeness (QED) is 0.305. The van der Waals surface area contributed by atoms with E-state index in [0.717, 1.165) is 58.7 Å². The summed E-state index contributed by atoms with van der Waals surface area (Å²) in [6, 6.07) is 18.3. The van der Waals surface area contributed by atoms with E-state index in [2.05, 4.69) is 54.2 Å². The number of carboxylic acids is 1. The minimum absolute atomic E-state index is 0.0758. The third kappa shape index (κ3) is 5.26. The normalized spacial score (nSPS) is 16.0. The van der Waals surface area contributed by atoms with Crippen LogP contribution in [0.1, 0.15) is 60.9 Å². The number of hydrogen-bond acceptors (Lipinski definition) is 5. The van der Waals surface area contributed by atoms with Crippen LogP contribution >= 0.6 is 11.6 Å². The van der Waals surface area contributed by atoms with Crippen LogP contribution in [0.25, 0.3) is 11.0 Å². The van der Waals surface area contributed by atoms with E-state index in [-0.39, 0.29) is 12.0 Å². The molecule has 5 rings (SSSR count). The Morgan fingerprint density at radius 2 is 1.97 bits per heavy atom. The Kier molecular flexibility index (Phi) is 7.16. The van der Waals surface area contributed by atoms with Crippen LogP contribution in [0.2, 0.25) is 5.02 Å². The van der Waals surface area contributed by atoms with Gasteiger partial charge in [-0.3, -0.25) is 9.69 Å². The average molecular weight is 533 g/mol. The van der Waals surface area contributed by atoms with E-state index < -0.39 is 11.9 Å². The molecule has 0 aliphatic carbocycles. The first kappa shape index (κ1) is 26.2. The molecule has 0 spiro atoms. The van der Waals surface area contributed by atoms with E-state index in [9.17, 15) is 9.90 Å². The summed E-state index contributed by atoms with van der Waals surface area (Å²) in [5.74, 6) is -0.370. The zero-order valence-electron chi connectivity index (χ0n) is 22.2. The van der Waals surface area contributed by atoms with E-state index in [1.54, 1.807) is 4.68 Å². The predicted octanol–water partition coefficient (Wildman–Crippen LogP) is 6.19. The van der Waals surface area contributed by atoms with Crippen molar-refractivity contribution in [2.75, 3.05) is 6.54 Å². The second-order valence-electron chi connectivity index (χ2n) is 10.7. The standard InChI is InChI=1S/C30H33ClN4O3/c1-5-35-25-13-12-23(28(31)29(25)32-33-35)24(15-27(36)37)20-11-10-19(2)22(14-20)17-34-16-21-8-6-7-9-26(21)38-30(3,4)18-34/h6-14,24H,5,15-18H2,1-4H3,(H,36,37). The first-order valence-electron chi connectivity index (χ1n) is 13.0. The van der Waals surface area contributed by atoms with Crippen molar-refractivity contribution in [2.24, 2.45) is 0 Å². The molecular weight excluding hydrogens is 500 g/mol. The van der Waals surface area contributed by atoms with Crippen molar-refractivity contribution >= 4 is 28.6 Å². The van der Waals surface area contributed by atoms with Crippen molar-refractivity contribution in [3.05, 3.63) is 87.4 Å². The van der Waals surface area contributed by atoms with Crippen LogP contribution in [-0.2, 0) is 24.4 Å². The van der Waals surface area contributed by atoms with E-state index in [0.29, 0.717) is 17.1 Å². The summed E-state index contributed by atoms with van der Waals surface area (Å²) < 4.78 is 8.11. The van der Waals surface area contributed by atoms with Gasteiger partial charge >= 0.3 is 5.97 Å². The van der Waals surface area contributed by atoms with Gasteiger partial charge in [0.05, 0.1) is 17.0 Å². The highest BCUT2D eigenvalue weighted by atomic mass is 35.5. The number of ether oxygens (including phenoxy) is 1. The Bertz CT molecular complexity index is 1500. The van der Waals surface area contributed by atoms with Crippen molar-refractivity contribution in [3.63, 3.8) is 0 Å². The number of hydrogen-bond donors (Lipinski definition) is 1. The van der Waals surface area contributed by atoms with Crippen LogP contribution in [0.5, 0.6) is 5.75 Å². The lowest BCUT2D eigenvalue weighted by molar-refractivity contribution is -0.137. The summed E-state index contributed by atoms with van der Waals surface area (Å²) in [5.41, 5.74) is 6.23. The molecule has 38 heavy (non-hydrogen) atoms. The van der Waals surface area contributed by atoms with Gasteiger partial charge in [-0.1, -0.05) is 59.3 Å². The highest BCUT2D eigenvalue weighted by Crippen LogP contribution is 2.38. The van der Waals surface area contributed by atoms with Crippen LogP contribution in [-0.4, -0.2) is 43.1 Å². The molecule has 1 unspecified atom stereocenters. The Hall–Kier alpha value is -3.42. The number of benzene rings is 3. The Balaban J connectivity index is 1.51. The number of nitrogens with zero attached hydrogens (tertiary/aromatic N) is 4. The maximum absolute atomic E-state index is 12.0. The van der Waals surface area contributed by atoms with Crippen molar-refractivity contribution in [1.82, 2.24) is 19.9 Å². The number of para-hydroxylation sites is 1. The van der Waals surface area contributed by atoms with Crippen LogP contribution in [0.3, 0.4) is 0 Å². The maximum atomic E-state index is 12.0. The predicted molar refractivity (Wildman–Crippen MR) is 149 cm³/mol. The van der Waals surface area contributed by atoms with Gasteiger partial charge in [0, 0.05) is 37.7 Å². The molecule has 1 aromatic heterocycles. The molecular formula is C30H33ClN4O3. The first-order chi connectivity index (χ1) is 18.1.